The topological polar surface area (TPSA) is 70.8 Å². The largest absolute Gasteiger partial charge is 0.508 e. The minimum atomic E-state index is -0.0867. The maximum atomic E-state index is 12.5. The van der Waals surface area contributed by atoms with Crippen molar-refractivity contribution in [3.8, 4) is 5.75 Å². The van der Waals surface area contributed by atoms with Gasteiger partial charge in [0.2, 0.25) is 5.91 Å². The van der Waals surface area contributed by atoms with E-state index in [9.17, 15) is 14.7 Å². The van der Waals surface area contributed by atoms with E-state index >= 15 is 0 Å². The molecule has 1 aromatic heterocycles. The molecule has 2 rings (SSSR count). The normalized spacial score (nSPS) is 15.0. The number of aromatic hydroxyl groups is 1. The quantitative estimate of drug-likeness (QED) is 0.903. The van der Waals surface area contributed by atoms with Gasteiger partial charge in [-0.3, -0.25) is 9.59 Å². The van der Waals surface area contributed by atoms with Crippen molar-refractivity contribution in [2.24, 2.45) is 0 Å². The molecule has 0 aromatic carbocycles. The molecule has 2 heterocycles. The zero-order chi connectivity index (χ0) is 17.7. The van der Waals surface area contributed by atoms with Gasteiger partial charge in [-0.15, -0.1) is 0 Å². The van der Waals surface area contributed by atoms with E-state index in [1.54, 1.807) is 19.9 Å². The average molecular weight is 331 g/mol. The van der Waals surface area contributed by atoms with E-state index in [2.05, 4.69) is 0 Å². The molecular weight excluding hydrogens is 306 g/mol. The van der Waals surface area contributed by atoms with Crippen LogP contribution in [-0.2, 0) is 4.79 Å². The summed E-state index contributed by atoms with van der Waals surface area (Å²) in [5.41, 5.74) is 1.05. The van der Waals surface area contributed by atoms with Gasteiger partial charge in [-0.05, 0) is 38.3 Å². The molecule has 0 saturated carbocycles. The summed E-state index contributed by atoms with van der Waals surface area (Å²) in [7, 11) is 0. The lowest BCUT2D eigenvalue weighted by Gasteiger charge is -2.31. The van der Waals surface area contributed by atoms with Gasteiger partial charge in [-0.1, -0.05) is 13.0 Å². The number of rotatable bonds is 2. The summed E-state index contributed by atoms with van der Waals surface area (Å²) in [5, 5.41) is 9.70. The first-order valence-corrected chi connectivity index (χ1v) is 8.38. The molecule has 5 nitrogen and oxygen atoms in total. The van der Waals surface area contributed by atoms with Gasteiger partial charge in [0.25, 0.3) is 0 Å². The Kier molecular flexibility index (Phi) is 6.01. The lowest BCUT2D eigenvalue weighted by molar-refractivity contribution is -0.131. The van der Waals surface area contributed by atoms with Crippen LogP contribution in [0.25, 0.3) is 0 Å². The molecule has 24 heavy (non-hydrogen) atoms. The zero-order valence-corrected chi connectivity index (χ0v) is 14.5. The number of hydrogen-bond acceptors (Lipinski definition) is 4. The maximum Gasteiger partial charge on any atom is 0.222 e. The number of hydrogen-bond donors (Lipinski definition) is 1. The van der Waals surface area contributed by atoms with Gasteiger partial charge in [-0.25, -0.2) is 0 Å². The van der Waals surface area contributed by atoms with Crippen molar-refractivity contribution in [1.29, 1.82) is 0 Å². The van der Waals surface area contributed by atoms with Crippen LogP contribution in [0.3, 0.4) is 0 Å². The summed E-state index contributed by atoms with van der Waals surface area (Å²) in [5.74, 6) is 0.931. The number of carbonyl (C=O) groups is 1. The van der Waals surface area contributed by atoms with Crippen LogP contribution in [0, 0.1) is 13.8 Å². The van der Waals surface area contributed by atoms with Crippen molar-refractivity contribution in [2.45, 2.75) is 46.0 Å². The molecule has 5 heteroatoms. The Labute approximate surface area is 142 Å². The van der Waals surface area contributed by atoms with Crippen LogP contribution in [0.1, 0.15) is 49.0 Å². The van der Waals surface area contributed by atoms with Gasteiger partial charge in [0.05, 0.1) is 6.26 Å². The first-order valence-electron chi connectivity index (χ1n) is 8.38. The number of piperidine rings is 1. The molecule has 0 atom stereocenters. The van der Waals surface area contributed by atoms with Crippen molar-refractivity contribution < 1.29 is 14.3 Å². The Morgan fingerprint density at radius 3 is 2.54 bits per heavy atom. The van der Waals surface area contributed by atoms with Crippen LogP contribution in [0.15, 0.2) is 33.7 Å². The summed E-state index contributed by atoms with van der Waals surface area (Å²) < 4.78 is 5.73. The van der Waals surface area contributed by atoms with E-state index in [1.165, 1.54) is 18.4 Å². The third-order valence-corrected chi connectivity index (χ3v) is 4.53. The van der Waals surface area contributed by atoms with Crippen LogP contribution in [-0.4, -0.2) is 29.0 Å². The molecule has 0 bridgehead atoms. The van der Waals surface area contributed by atoms with Crippen LogP contribution in [0.2, 0.25) is 0 Å². The molecule has 0 spiro atoms. The predicted octanol–water partition coefficient (Wildman–Crippen LogP) is 3.20. The van der Waals surface area contributed by atoms with Crippen LogP contribution in [0.4, 0.5) is 0 Å². The van der Waals surface area contributed by atoms with Crippen molar-refractivity contribution in [3.05, 3.63) is 51.6 Å². The molecule has 130 valence electrons. The van der Waals surface area contributed by atoms with E-state index in [-0.39, 0.29) is 23.0 Å². The molecule has 1 fully saturated rings. The van der Waals surface area contributed by atoms with Crippen molar-refractivity contribution in [1.82, 2.24) is 4.90 Å². The van der Waals surface area contributed by atoms with Gasteiger partial charge >= 0.3 is 0 Å². The summed E-state index contributed by atoms with van der Waals surface area (Å²) in [6.45, 7) is 6.72. The Morgan fingerprint density at radius 1 is 1.25 bits per heavy atom. The minimum absolute atomic E-state index is 0.0319. The van der Waals surface area contributed by atoms with Crippen LogP contribution in [0.5, 0.6) is 5.75 Å². The highest BCUT2D eigenvalue weighted by Gasteiger charge is 2.25. The lowest BCUT2D eigenvalue weighted by atomic mass is 9.91. The highest BCUT2D eigenvalue weighted by atomic mass is 16.3. The Morgan fingerprint density at radius 2 is 1.92 bits per heavy atom. The first-order chi connectivity index (χ1) is 11.4. The van der Waals surface area contributed by atoms with Crippen molar-refractivity contribution in [2.75, 3.05) is 13.1 Å². The van der Waals surface area contributed by atoms with Gasteiger partial charge in [-0.2, -0.15) is 0 Å². The molecule has 1 N–H and O–H groups in total. The minimum Gasteiger partial charge on any atom is -0.508 e. The molecule has 0 radical (unpaired) electrons. The number of aryl methyl sites for hydroxylation is 1. The second-order valence-electron chi connectivity index (χ2n) is 6.19. The molecule has 0 aliphatic carbocycles. The Hall–Kier alpha value is -2.30. The first kappa shape index (κ1) is 18.0. The third kappa shape index (κ3) is 4.16. The highest BCUT2D eigenvalue weighted by molar-refractivity contribution is 5.75. The Bertz CT molecular complexity index is 714. The smallest absolute Gasteiger partial charge is 0.222 e. The fourth-order valence-electron chi connectivity index (χ4n) is 3.03. The second-order valence-corrected chi connectivity index (χ2v) is 6.19. The Balaban J connectivity index is 2.40. The van der Waals surface area contributed by atoms with Gasteiger partial charge < -0.3 is 14.4 Å². The van der Waals surface area contributed by atoms with E-state index in [0.717, 1.165) is 12.8 Å². The average Bonchev–Trinajstić information content (AvgIpc) is 2.61. The summed E-state index contributed by atoms with van der Waals surface area (Å²) in [6.07, 6.45) is 3.46. The van der Waals surface area contributed by atoms with E-state index < -0.39 is 0 Å². The number of nitrogens with zero attached hydrogens (tertiary/aromatic N) is 1. The number of carbonyl (C=O) groups excluding carboxylic acids is 1. The van der Waals surface area contributed by atoms with Gasteiger partial charge in [0, 0.05) is 37.1 Å². The number of likely N-dealkylation sites (tertiary alicyclic amines) is 1. The van der Waals surface area contributed by atoms with Gasteiger partial charge in [0.15, 0.2) is 5.43 Å². The molecule has 1 amide bonds. The predicted molar refractivity (Wildman–Crippen MR) is 92.6 cm³/mol. The zero-order valence-electron chi connectivity index (χ0n) is 14.5. The fourth-order valence-corrected chi connectivity index (χ4v) is 3.03. The molecule has 0 unspecified atom stereocenters. The van der Waals surface area contributed by atoms with E-state index in [1.807, 2.05) is 11.8 Å². The van der Waals surface area contributed by atoms with E-state index in [4.69, 9.17) is 4.42 Å². The lowest BCUT2D eigenvalue weighted by Crippen LogP contribution is -2.37. The third-order valence-electron chi connectivity index (χ3n) is 4.53. The summed E-state index contributed by atoms with van der Waals surface area (Å²) in [6, 6.07) is 4.54. The van der Waals surface area contributed by atoms with Crippen molar-refractivity contribution >= 4 is 5.91 Å². The van der Waals surface area contributed by atoms with E-state index in [0.29, 0.717) is 36.4 Å². The highest BCUT2D eigenvalue weighted by Crippen LogP contribution is 2.29. The van der Waals surface area contributed by atoms with Gasteiger partial charge in [0.1, 0.15) is 11.5 Å². The SMILES string of the molecule is CCC(=O)N1CCC(c2occc(O)ccc(C)c(=O)c2C)CC1. The molecule has 1 aliphatic heterocycles. The molecular formula is C19H25NO4. The standard InChI is InChI=1S/C19H25NO4/c1-4-17(22)20-10-7-15(8-11-20)19-14(3)18(23)13(2)5-6-16(21)9-12-24-19/h5-6,9,12,15,21H,4,7-8,10-11H2,1-3H3. The molecule has 1 aromatic rings. The summed E-state index contributed by atoms with van der Waals surface area (Å²) >= 11 is 0. The van der Waals surface area contributed by atoms with Crippen LogP contribution < -0.4 is 5.43 Å². The van der Waals surface area contributed by atoms with Crippen LogP contribution >= 0.6 is 0 Å². The number of amides is 1. The van der Waals surface area contributed by atoms with Crippen molar-refractivity contribution in [3.63, 3.8) is 0 Å². The fraction of sp³-hybridized carbons (Fsp3) is 0.474. The monoisotopic (exact) mass is 331 g/mol. The second kappa shape index (κ2) is 7.99. The molecule has 1 saturated heterocycles. The maximum absolute atomic E-state index is 12.5. The summed E-state index contributed by atoms with van der Waals surface area (Å²) in [4.78, 5) is 26.2. The molecule has 1 aliphatic rings.